The largest absolute Gasteiger partial charge is 0.377 e. The molecule has 162 valence electrons. The quantitative estimate of drug-likeness (QED) is 0.762. The zero-order valence-electron chi connectivity index (χ0n) is 18.3. The van der Waals surface area contributed by atoms with Crippen molar-refractivity contribution in [1.82, 2.24) is 19.9 Å². The van der Waals surface area contributed by atoms with Gasteiger partial charge in [0.25, 0.3) is 0 Å². The fourth-order valence-electron chi connectivity index (χ4n) is 4.85. The average Bonchev–Trinajstić information content (AvgIpc) is 3.28. The Balaban J connectivity index is 1.59. The molecule has 0 radical (unpaired) electrons. The number of rotatable bonds is 3. The van der Waals surface area contributed by atoms with Crippen molar-refractivity contribution in [3.63, 3.8) is 0 Å². The van der Waals surface area contributed by atoms with Crippen molar-refractivity contribution < 1.29 is 9.53 Å². The smallest absolute Gasteiger partial charge is 0.219 e. The lowest BCUT2D eigenvalue weighted by atomic mass is 9.94. The van der Waals surface area contributed by atoms with Gasteiger partial charge >= 0.3 is 0 Å². The van der Waals surface area contributed by atoms with E-state index in [-0.39, 0.29) is 17.9 Å². The van der Waals surface area contributed by atoms with Gasteiger partial charge in [-0.05, 0) is 25.8 Å². The molecule has 2 saturated heterocycles. The Kier molecular flexibility index (Phi) is 5.44. The van der Waals surface area contributed by atoms with Gasteiger partial charge in [-0.25, -0.2) is 9.97 Å². The highest BCUT2D eigenvalue weighted by molar-refractivity contribution is 5.75. The molecule has 1 amide bonds. The Morgan fingerprint density at radius 2 is 2.16 bits per heavy atom. The van der Waals surface area contributed by atoms with Gasteiger partial charge in [-0.3, -0.25) is 9.78 Å². The molecule has 1 aliphatic carbocycles. The number of anilines is 1. The molecule has 3 aliphatic rings. The van der Waals surface area contributed by atoms with E-state index in [1.54, 1.807) is 6.92 Å². The van der Waals surface area contributed by atoms with Crippen molar-refractivity contribution in [2.45, 2.75) is 45.1 Å². The third kappa shape index (κ3) is 3.94. The van der Waals surface area contributed by atoms with Gasteiger partial charge in [0.15, 0.2) is 5.82 Å². The molecule has 7 heteroatoms. The summed E-state index contributed by atoms with van der Waals surface area (Å²) >= 11 is 0. The predicted molar refractivity (Wildman–Crippen MR) is 120 cm³/mol. The summed E-state index contributed by atoms with van der Waals surface area (Å²) in [5.41, 5.74) is 4.25. The number of hydrogen-bond donors (Lipinski definition) is 0. The first-order valence-electron chi connectivity index (χ1n) is 11.2. The summed E-state index contributed by atoms with van der Waals surface area (Å²) in [5, 5.41) is 0. The van der Waals surface area contributed by atoms with Gasteiger partial charge < -0.3 is 14.5 Å². The van der Waals surface area contributed by atoms with Gasteiger partial charge in [-0.2, -0.15) is 0 Å². The van der Waals surface area contributed by atoms with Gasteiger partial charge in [-0.1, -0.05) is 12.2 Å². The van der Waals surface area contributed by atoms with Crippen LogP contribution in [0.4, 0.5) is 5.82 Å². The summed E-state index contributed by atoms with van der Waals surface area (Å²) in [6.07, 6.45) is 9.01. The molecule has 2 aromatic heterocycles. The molecule has 0 spiro atoms. The highest BCUT2D eigenvalue weighted by Crippen LogP contribution is 2.33. The van der Waals surface area contributed by atoms with Crippen LogP contribution in [0.15, 0.2) is 24.4 Å². The molecule has 0 saturated carbocycles. The molecular formula is C24H29N5O2. The lowest BCUT2D eigenvalue weighted by Gasteiger charge is -2.36. The van der Waals surface area contributed by atoms with Crippen LogP contribution in [0.1, 0.15) is 49.6 Å². The number of ether oxygens (including phenoxy) is 1. The van der Waals surface area contributed by atoms with E-state index >= 15 is 0 Å². The lowest BCUT2D eigenvalue weighted by Crippen LogP contribution is -2.44. The van der Waals surface area contributed by atoms with E-state index in [1.165, 1.54) is 0 Å². The van der Waals surface area contributed by atoms with Crippen molar-refractivity contribution in [2.75, 3.05) is 37.7 Å². The third-order valence-corrected chi connectivity index (χ3v) is 6.59. The molecule has 2 fully saturated rings. The highest BCUT2D eigenvalue weighted by atomic mass is 16.5. The molecule has 0 aromatic carbocycles. The predicted octanol–water partition coefficient (Wildman–Crippen LogP) is 3.06. The van der Waals surface area contributed by atoms with Crippen LogP contribution < -0.4 is 4.90 Å². The number of pyridine rings is 1. The number of morpholine rings is 1. The average molecular weight is 420 g/mol. The van der Waals surface area contributed by atoms with Crippen LogP contribution >= 0.6 is 0 Å². The fraction of sp³-hybridized carbons (Fsp3) is 0.500. The molecule has 5 rings (SSSR count). The second kappa shape index (κ2) is 8.38. The Morgan fingerprint density at radius 3 is 3.00 bits per heavy atom. The molecule has 2 atom stereocenters. The summed E-state index contributed by atoms with van der Waals surface area (Å²) in [4.78, 5) is 30.9. The second-order valence-corrected chi connectivity index (χ2v) is 8.72. The zero-order chi connectivity index (χ0) is 21.4. The summed E-state index contributed by atoms with van der Waals surface area (Å²) < 4.78 is 5.65. The number of aromatic nitrogens is 3. The third-order valence-electron chi connectivity index (χ3n) is 6.59. The van der Waals surface area contributed by atoms with E-state index in [9.17, 15) is 4.79 Å². The van der Waals surface area contributed by atoms with E-state index in [2.05, 4.69) is 35.0 Å². The molecule has 1 unspecified atom stereocenters. The van der Waals surface area contributed by atoms with E-state index in [0.29, 0.717) is 13.2 Å². The number of hydrogen-bond acceptors (Lipinski definition) is 6. The second-order valence-electron chi connectivity index (χ2n) is 8.72. The minimum Gasteiger partial charge on any atom is -0.377 e. The van der Waals surface area contributed by atoms with Crippen molar-refractivity contribution in [2.24, 2.45) is 0 Å². The van der Waals surface area contributed by atoms with Crippen LogP contribution in [0, 0.1) is 0 Å². The van der Waals surface area contributed by atoms with Crippen LogP contribution in [0.5, 0.6) is 0 Å². The van der Waals surface area contributed by atoms with E-state index in [1.807, 2.05) is 17.2 Å². The lowest BCUT2D eigenvalue weighted by molar-refractivity contribution is -0.130. The first-order chi connectivity index (χ1) is 15.1. The van der Waals surface area contributed by atoms with E-state index < -0.39 is 0 Å². The Bertz CT molecular complexity index is 1020. The SMILES string of the molecule is CC(=O)N1CCCC(c2cc(N3CCOC[C@H]3C)nc(-c3ccnc4c3C=CC4)n2)C1. The Labute approximate surface area is 183 Å². The number of likely N-dealkylation sites (tertiary alicyclic amines) is 1. The fourth-order valence-corrected chi connectivity index (χ4v) is 4.85. The zero-order valence-corrected chi connectivity index (χ0v) is 18.3. The highest BCUT2D eigenvalue weighted by Gasteiger charge is 2.28. The van der Waals surface area contributed by atoms with Crippen LogP contribution in [0.2, 0.25) is 0 Å². The summed E-state index contributed by atoms with van der Waals surface area (Å²) in [6, 6.07) is 4.41. The summed E-state index contributed by atoms with van der Waals surface area (Å²) in [6.45, 7) is 7.60. The Morgan fingerprint density at radius 1 is 1.26 bits per heavy atom. The number of allylic oxidation sites excluding steroid dienone is 1. The van der Waals surface area contributed by atoms with E-state index in [0.717, 1.165) is 73.1 Å². The maximum Gasteiger partial charge on any atom is 0.219 e. The molecule has 2 aliphatic heterocycles. The van der Waals surface area contributed by atoms with Gasteiger partial charge in [-0.15, -0.1) is 0 Å². The van der Waals surface area contributed by atoms with Crippen LogP contribution in [0.3, 0.4) is 0 Å². The molecule has 4 heterocycles. The minimum atomic E-state index is 0.137. The van der Waals surface area contributed by atoms with E-state index in [4.69, 9.17) is 14.7 Å². The van der Waals surface area contributed by atoms with Gasteiger partial charge in [0.1, 0.15) is 5.82 Å². The van der Waals surface area contributed by atoms with Crippen molar-refractivity contribution in [3.05, 3.63) is 41.4 Å². The number of carbonyl (C=O) groups is 1. The maximum absolute atomic E-state index is 12.0. The van der Waals surface area contributed by atoms with Crippen molar-refractivity contribution >= 4 is 17.8 Å². The summed E-state index contributed by atoms with van der Waals surface area (Å²) in [5.74, 6) is 2.05. The number of nitrogens with zero attached hydrogens (tertiary/aromatic N) is 5. The van der Waals surface area contributed by atoms with Crippen LogP contribution in [-0.4, -0.2) is 64.6 Å². The van der Waals surface area contributed by atoms with Gasteiger partial charge in [0.2, 0.25) is 5.91 Å². The van der Waals surface area contributed by atoms with Crippen LogP contribution in [-0.2, 0) is 16.0 Å². The Hall–Kier alpha value is -2.80. The monoisotopic (exact) mass is 419 g/mol. The molecule has 31 heavy (non-hydrogen) atoms. The molecule has 7 nitrogen and oxygen atoms in total. The van der Waals surface area contributed by atoms with Gasteiger partial charge in [0, 0.05) is 62.3 Å². The first-order valence-corrected chi connectivity index (χ1v) is 11.2. The van der Waals surface area contributed by atoms with Crippen molar-refractivity contribution in [3.8, 4) is 11.4 Å². The molecule has 0 bridgehead atoms. The number of fused-ring (bicyclic) bond motifs is 1. The van der Waals surface area contributed by atoms with Gasteiger partial charge in [0.05, 0.1) is 30.6 Å². The topological polar surface area (TPSA) is 71.5 Å². The number of carbonyl (C=O) groups excluding carboxylic acids is 1. The minimum absolute atomic E-state index is 0.137. The summed E-state index contributed by atoms with van der Waals surface area (Å²) in [7, 11) is 0. The van der Waals surface area contributed by atoms with Crippen LogP contribution in [0.25, 0.3) is 17.5 Å². The maximum atomic E-state index is 12.0. The standard InChI is InChI=1S/C24H29N5O2/c1-16-15-31-12-11-29(16)23-13-22(18-5-4-10-28(14-18)17(2)30)26-24(27-23)20-8-9-25-21-7-3-6-19(20)21/h3,6,8-9,13,16,18H,4-5,7,10-12,14-15H2,1-2H3/t16-,18?/m1/s1. The molecular weight excluding hydrogens is 390 g/mol. The molecule has 2 aromatic rings. The normalized spacial score (nSPS) is 23.2. The number of piperidine rings is 1. The number of amides is 1. The van der Waals surface area contributed by atoms with Crippen molar-refractivity contribution in [1.29, 1.82) is 0 Å². The molecule has 0 N–H and O–H groups in total. The first kappa shape index (κ1) is 20.1.